The molecule has 10 nitrogen and oxygen atoms in total. The number of anilines is 2. The summed E-state index contributed by atoms with van der Waals surface area (Å²) in [6.07, 6.45) is 1.62. The van der Waals surface area contributed by atoms with Gasteiger partial charge in [-0.2, -0.15) is 0 Å². The van der Waals surface area contributed by atoms with E-state index in [2.05, 4.69) is 5.10 Å². The molecule has 0 unspecified atom stereocenters. The number of aromatic nitrogens is 2. The van der Waals surface area contributed by atoms with Gasteiger partial charge in [-0.15, -0.1) is 5.10 Å². The second-order valence-corrected chi connectivity index (χ2v) is 7.94. The smallest absolute Gasteiger partial charge is 0.303 e. The van der Waals surface area contributed by atoms with Crippen molar-refractivity contribution in [2.75, 3.05) is 29.8 Å². The topological polar surface area (TPSA) is 137 Å². The minimum absolute atomic E-state index is 0.0155. The van der Waals surface area contributed by atoms with E-state index < -0.39 is 21.8 Å². The molecule has 2 heterocycles. The van der Waals surface area contributed by atoms with Gasteiger partial charge in [0.2, 0.25) is 0 Å². The predicted octanol–water partition coefficient (Wildman–Crippen LogP) is 2.09. The van der Waals surface area contributed by atoms with Crippen LogP contribution in [0.2, 0.25) is 0 Å². The van der Waals surface area contributed by atoms with Crippen LogP contribution in [0.15, 0.2) is 23.2 Å². The van der Waals surface area contributed by atoms with Crippen LogP contribution in [0.4, 0.5) is 15.8 Å². The van der Waals surface area contributed by atoms with Gasteiger partial charge in [0.25, 0.3) is 15.9 Å². The third kappa shape index (κ3) is 4.93. The number of hydrogen-bond acceptors (Lipinski definition) is 7. The maximum Gasteiger partial charge on any atom is 0.303 e. The summed E-state index contributed by atoms with van der Waals surface area (Å²) in [5, 5.41) is 11.9. The molecule has 1 aromatic carbocycles. The molecular weight excluding hydrogens is 419 g/mol. The lowest BCUT2D eigenvalue weighted by atomic mass is 10.2. The predicted molar refractivity (Wildman–Crippen MR) is 108 cm³/mol. The first kappa shape index (κ1) is 23.3. The highest BCUT2D eigenvalue weighted by Crippen LogP contribution is 2.40. The van der Waals surface area contributed by atoms with Crippen LogP contribution >= 0.6 is 0 Å². The summed E-state index contributed by atoms with van der Waals surface area (Å²) in [5.74, 6) is -1.57. The number of ether oxygens (including phenoxy) is 2. The number of hydrogen-bond donors (Lipinski definition) is 2. The van der Waals surface area contributed by atoms with Crippen LogP contribution in [0.5, 0.6) is 11.6 Å². The van der Waals surface area contributed by atoms with Crippen molar-refractivity contribution in [3.8, 4) is 11.6 Å². The van der Waals surface area contributed by atoms with Gasteiger partial charge in [0.1, 0.15) is 6.61 Å². The van der Waals surface area contributed by atoms with Gasteiger partial charge in [-0.3, -0.25) is 13.8 Å². The first-order valence-corrected chi connectivity index (χ1v) is 10.8. The average Bonchev–Trinajstić information content (AvgIpc) is 3.12. The zero-order valence-electron chi connectivity index (χ0n) is 17.0. The molecule has 3 N–H and O–H groups in total. The number of nitrogens with two attached hydrogens (primary N) is 1. The molecule has 0 spiro atoms. The highest BCUT2D eigenvalue weighted by molar-refractivity contribution is 7.93. The van der Waals surface area contributed by atoms with Crippen LogP contribution in [0, 0.1) is 5.82 Å². The molecular formula is C18H25FN4O6S. The first-order chi connectivity index (χ1) is 14.1. The molecule has 0 amide bonds. The van der Waals surface area contributed by atoms with Crippen molar-refractivity contribution in [2.45, 2.75) is 38.6 Å². The van der Waals surface area contributed by atoms with Crippen molar-refractivity contribution in [3.63, 3.8) is 0 Å². The minimum Gasteiger partial charge on any atom is -0.486 e. The summed E-state index contributed by atoms with van der Waals surface area (Å²) in [4.78, 5) is 9.29. The van der Waals surface area contributed by atoms with E-state index in [-0.39, 0.29) is 54.1 Å². The molecule has 0 bridgehead atoms. The summed E-state index contributed by atoms with van der Waals surface area (Å²) in [7, 11) is -4.03. The molecule has 1 aliphatic heterocycles. The molecule has 1 aromatic heterocycles. The summed E-state index contributed by atoms with van der Waals surface area (Å²) < 4.78 is 53.6. The minimum atomic E-state index is -4.03. The molecule has 0 saturated carbocycles. The number of sulfonamides is 1. The van der Waals surface area contributed by atoms with Gasteiger partial charge in [0, 0.05) is 30.9 Å². The third-order valence-corrected chi connectivity index (χ3v) is 5.82. The van der Waals surface area contributed by atoms with Crippen LogP contribution in [0.25, 0.3) is 0 Å². The Morgan fingerprint density at radius 2 is 2.03 bits per heavy atom. The number of halogens is 1. The number of nitrogen functional groups attached to an aromatic ring is 1. The second kappa shape index (κ2) is 9.65. The number of benzene rings is 1. The number of carboxylic acids is 1. The fourth-order valence-electron chi connectivity index (χ4n) is 2.61. The van der Waals surface area contributed by atoms with E-state index in [9.17, 15) is 17.6 Å². The van der Waals surface area contributed by atoms with E-state index in [1.165, 1.54) is 16.9 Å². The van der Waals surface area contributed by atoms with E-state index in [1.807, 2.05) is 6.92 Å². The molecule has 0 saturated heterocycles. The number of aryl methyl sites for hydroxylation is 1. The van der Waals surface area contributed by atoms with E-state index in [1.54, 1.807) is 13.8 Å². The van der Waals surface area contributed by atoms with Gasteiger partial charge in [0.05, 0.1) is 18.8 Å². The van der Waals surface area contributed by atoms with Crippen molar-refractivity contribution < 1.29 is 32.2 Å². The molecule has 0 aliphatic carbocycles. The molecule has 12 heteroatoms. The Bertz CT molecular complexity index is 1010. The van der Waals surface area contributed by atoms with Gasteiger partial charge in [-0.05, 0) is 19.9 Å². The van der Waals surface area contributed by atoms with E-state index in [0.29, 0.717) is 6.54 Å². The zero-order valence-corrected chi connectivity index (χ0v) is 17.8. The maximum absolute atomic E-state index is 14.1. The Morgan fingerprint density at radius 1 is 1.37 bits per heavy atom. The molecule has 166 valence electrons. The van der Waals surface area contributed by atoms with E-state index in [4.69, 9.17) is 20.3 Å². The number of carboxylic acid groups (broad SMARTS) is 1. The van der Waals surface area contributed by atoms with Crippen LogP contribution in [-0.2, 0) is 21.4 Å². The second-order valence-electron chi connectivity index (χ2n) is 6.11. The summed E-state index contributed by atoms with van der Waals surface area (Å²) in [5.41, 5.74) is 5.84. The normalized spacial score (nSPS) is 13.0. The molecule has 2 aromatic rings. The molecule has 0 radical (unpaired) electrons. The standard InChI is InChI=1S/C15H19FN4O4S.C3H6O2/c1-3-19-9-13(15(18-19)23-4-2)25(21,22)20-5-6-24-14-11(16)7-10(17)8-12(14)20;1-2-3(4)5/h7-9H,3-6,17H2,1-2H3;2H2,1H3,(H,4,5). The lowest BCUT2D eigenvalue weighted by Gasteiger charge is -2.30. The van der Waals surface area contributed by atoms with Crippen molar-refractivity contribution >= 4 is 27.4 Å². The lowest BCUT2D eigenvalue weighted by Crippen LogP contribution is -2.38. The van der Waals surface area contributed by atoms with Crippen molar-refractivity contribution in [2.24, 2.45) is 0 Å². The monoisotopic (exact) mass is 444 g/mol. The summed E-state index contributed by atoms with van der Waals surface area (Å²) in [6.45, 7) is 5.98. The average molecular weight is 444 g/mol. The Hall–Kier alpha value is -3.02. The quantitative estimate of drug-likeness (QED) is 0.646. The van der Waals surface area contributed by atoms with Crippen LogP contribution in [0.1, 0.15) is 27.2 Å². The van der Waals surface area contributed by atoms with E-state index >= 15 is 0 Å². The van der Waals surface area contributed by atoms with Gasteiger partial charge >= 0.3 is 5.97 Å². The van der Waals surface area contributed by atoms with Gasteiger partial charge in [-0.25, -0.2) is 12.8 Å². The highest BCUT2D eigenvalue weighted by Gasteiger charge is 2.35. The van der Waals surface area contributed by atoms with Crippen LogP contribution in [0.3, 0.4) is 0 Å². The van der Waals surface area contributed by atoms with Crippen LogP contribution in [-0.4, -0.2) is 49.0 Å². The highest BCUT2D eigenvalue weighted by atomic mass is 32.2. The third-order valence-electron chi connectivity index (χ3n) is 4.03. The maximum atomic E-state index is 14.1. The number of nitrogens with zero attached hydrogens (tertiary/aromatic N) is 3. The number of rotatable bonds is 6. The number of aliphatic carboxylic acids is 1. The zero-order chi connectivity index (χ0) is 22.5. The number of carbonyl (C=O) groups is 1. The van der Waals surface area contributed by atoms with Gasteiger partial charge in [0.15, 0.2) is 16.5 Å². The van der Waals surface area contributed by atoms with Gasteiger partial charge < -0.3 is 20.3 Å². The van der Waals surface area contributed by atoms with Crippen molar-refractivity contribution in [3.05, 3.63) is 24.1 Å². The van der Waals surface area contributed by atoms with Crippen LogP contribution < -0.4 is 19.5 Å². The Balaban J connectivity index is 0.000000575. The Kier molecular flexibility index (Phi) is 7.48. The SMILES string of the molecule is CCC(=O)O.CCOc1nn(CC)cc1S(=O)(=O)N1CCOc2c(F)cc(N)cc21. The summed E-state index contributed by atoms with van der Waals surface area (Å²) >= 11 is 0. The van der Waals surface area contributed by atoms with Gasteiger partial charge in [-0.1, -0.05) is 6.92 Å². The molecule has 1 aliphatic rings. The van der Waals surface area contributed by atoms with Crippen molar-refractivity contribution in [1.29, 1.82) is 0 Å². The van der Waals surface area contributed by atoms with Crippen molar-refractivity contribution in [1.82, 2.24) is 9.78 Å². The Labute approximate surface area is 174 Å². The lowest BCUT2D eigenvalue weighted by molar-refractivity contribution is -0.136. The first-order valence-electron chi connectivity index (χ1n) is 9.32. The largest absolute Gasteiger partial charge is 0.486 e. The molecule has 30 heavy (non-hydrogen) atoms. The number of fused-ring (bicyclic) bond motifs is 1. The van der Waals surface area contributed by atoms with E-state index in [0.717, 1.165) is 10.4 Å². The summed E-state index contributed by atoms with van der Waals surface area (Å²) in [6, 6.07) is 2.47. The molecule has 0 fully saturated rings. The fourth-order valence-corrected chi connectivity index (χ4v) is 4.13. The Morgan fingerprint density at radius 3 is 2.60 bits per heavy atom. The molecule has 3 rings (SSSR count). The molecule has 0 atom stereocenters. The fraction of sp³-hybridized carbons (Fsp3) is 0.444.